The number of hydrogen-bond donors (Lipinski definition) is 13. The van der Waals surface area contributed by atoms with Crippen LogP contribution in [0.4, 0.5) is 0 Å². The highest BCUT2D eigenvalue weighted by Gasteiger charge is 2.48. The quantitative estimate of drug-likeness (QED) is 0.0607. The summed E-state index contributed by atoms with van der Waals surface area (Å²) in [4.78, 5) is 113. The van der Waals surface area contributed by atoms with E-state index in [-0.39, 0.29) is 31.6 Å². The Kier molecular flexibility index (Phi) is 25.3. The van der Waals surface area contributed by atoms with Crippen molar-refractivity contribution in [3.8, 4) is 5.75 Å². The SMILES string of the molecule is CCCc1cc(C[C@@H](O)[C@@H]2NC(=O)[C@@H]3C[C@@H](O)CN3C(=O)[C@H]([C@H](C)O)NC(=O)C(NC(=O)CCCCCCCCC(C)CC(C)CC)C[C@@H](O)CNC(=O)[C@@H]3[C@@H](O)CCN3C(=O)[C@H]([C@@H](O)CC(N)=O)NC2=O)ccc1O. The molecule has 3 unspecified atom stereocenters. The number of nitrogens with two attached hydrogens (primary N) is 1. The number of hydrogen-bond acceptors (Lipinski definition) is 15. The molecule has 3 aliphatic heterocycles. The summed E-state index contributed by atoms with van der Waals surface area (Å²) in [5.41, 5.74) is 6.29. The predicted octanol–water partition coefficient (Wildman–Crippen LogP) is -1.20. The molecule has 4 rings (SSSR count). The fourth-order valence-corrected chi connectivity index (χ4v) is 10.3. The summed E-state index contributed by atoms with van der Waals surface area (Å²) in [6.45, 7) is 8.37. The summed E-state index contributed by atoms with van der Waals surface area (Å²) < 4.78 is 0. The predicted molar refractivity (Wildman–Crippen MR) is 277 cm³/mol. The number of rotatable bonds is 22. The van der Waals surface area contributed by atoms with Gasteiger partial charge in [-0.2, -0.15) is 0 Å². The van der Waals surface area contributed by atoms with Crippen LogP contribution in [0, 0.1) is 11.8 Å². The van der Waals surface area contributed by atoms with Crippen molar-refractivity contribution in [2.45, 2.75) is 217 Å². The average Bonchev–Trinajstić information content (AvgIpc) is 3.95. The molecule has 3 heterocycles. The molecule has 3 aliphatic rings. The van der Waals surface area contributed by atoms with Gasteiger partial charge in [-0.1, -0.05) is 91.2 Å². The normalized spacial score (nSPS) is 27.4. The number of carbonyl (C=O) groups excluding carboxylic acids is 8. The van der Waals surface area contributed by atoms with Gasteiger partial charge in [0.2, 0.25) is 47.3 Å². The maximum absolute atomic E-state index is 14.5. The number of amides is 8. The van der Waals surface area contributed by atoms with Crippen LogP contribution in [-0.2, 0) is 51.2 Å². The monoisotopic (exact) mass is 1070 g/mol. The number of carbonyl (C=O) groups is 8. The highest BCUT2D eigenvalue weighted by Crippen LogP contribution is 2.26. The molecule has 0 aliphatic carbocycles. The molecular formula is C53H86N8O15. The Hall–Kier alpha value is -5.46. The lowest BCUT2D eigenvalue weighted by Crippen LogP contribution is -2.64. The number of phenolic OH excluding ortho intramolecular Hbond substituents is 1. The van der Waals surface area contributed by atoms with E-state index in [0.717, 1.165) is 54.7 Å². The maximum atomic E-state index is 14.5. The standard InChI is InChI=1S/C53H86N8O15/c1-6-14-33-22-32(17-18-38(33)65)23-40(67)45-50(73)59-46(41(68)26-42(54)69)53(76)60-20-19-39(66)47(60)51(74)55-27-34(63)24-36(56-43(70)16-13-11-9-8-10-12-15-30(4)21-29(3)7-2)48(71)57-44(31(5)62)52(75)61-28-35(64)25-37(61)49(72)58-45/h17-18,22,29-31,34-37,39-41,44-47,62-68H,6-16,19-21,23-28H2,1-5H3,(H2,54,69)(H,55,74)(H,56,70)(H,57,71)(H,58,72)(H,59,73)/t29?,30?,31-,34+,35+,36?,37-,39-,40+,41-,44-,45-,46-,47-/m0/s1. The zero-order chi connectivity index (χ0) is 56.4. The molecule has 76 heavy (non-hydrogen) atoms. The molecule has 0 saturated carbocycles. The minimum absolute atomic E-state index is 0.00419. The number of primary amides is 1. The lowest BCUT2D eigenvalue weighted by molar-refractivity contribution is -0.147. The van der Waals surface area contributed by atoms with Gasteiger partial charge < -0.3 is 77.9 Å². The number of aliphatic hydroxyl groups excluding tert-OH is 6. The molecular weight excluding hydrogens is 989 g/mol. The van der Waals surface area contributed by atoms with Crippen molar-refractivity contribution in [1.29, 1.82) is 0 Å². The number of β-amino-alcohol motifs (C(OH)–C–C–N with tert-alkyl or cyclic N) is 1. The van der Waals surface area contributed by atoms with E-state index in [9.17, 15) is 74.1 Å². The number of phenols is 1. The third-order valence-corrected chi connectivity index (χ3v) is 14.8. The van der Waals surface area contributed by atoms with Gasteiger partial charge in [0.05, 0.1) is 43.0 Å². The van der Waals surface area contributed by atoms with Crippen LogP contribution in [0.25, 0.3) is 0 Å². The van der Waals surface area contributed by atoms with E-state index >= 15 is 0 Å². The van der Waals surface area contributed by atoms with Gasteiger partial charge in [0.25, 0.3) is 0 Å². The summed E-state index contributed by atoms with van der Waals surface area (Å²) in [6, 6.07) is -6.41. The van der Waals surface area contributed by atoms with Crippen molar-refractivity contribution >= 4 is 47.3 Å². The Morgan fingerprint density at radius 2 is 1.41 bits per heavy atom. The highest BCUT2D eigenvalue weighted by molar-refractivity contribution is 5.98. The third kappa shape index (κ3) is 18.6. The van der Waals surface area contributed by atoms with Crippen LogP contribution in [0.15, 0.2) is 18.2 Å². The number of benzene rings is 1. The molecule has 1 aromatic rings. The van der Waals surface area contributed by atoms with Crippen LogP contribution in [-0.4, -0.2) is 185 Å². The molecule has 23 heteroatoms. The van der Waals surface area contributed by atoms with Crippen molar-refractivity contribution in [3.63, 3.8) is 0 Å². The molecule has 0 spiro atoms. The fraction of sp³-hybridized carbons (Fsp3) is 0.736. The first-order chi connectivity index (χ1) is 35.9. The number of aliphatic hydroxyl groups is 6. The van der Waals surface area contributed by atoms with Gasteiger partial charge in [-0.15, -0.1) is 0 Å². The Bertz CT molecular complexity index is 2130. The van der Waals surface area contributed by atoms with E-state index in [1.807, 2.05) is 6.92 Å². The topological polar surface area (TPSA) is 371 Å². The van der Waals surface area contributed by atoms with E-state index in [1.165, 1.54) is 25.5 Å². The molecule has 8 amide bonds. The number of unbranched alkanes of at least 4 members (excludes halogenated alkanes) is 5. The van der Waals surface area contributed by atoms with Crippen molar-refractivity contribution in [2.75, 3.05) is 19.6 Å². The van der Waals surface area contributed by atoms with Crippen molar-refractivity contribution in [1.82, 2.24) is 36.4 Å². The molecule has 1 aromatic carbocycles. The molecule has 0 bridgehead atoms. The number of aryl methyl sites for hydroxylation is 1. The smallest absolute Gasteiger partial charge is 0.248 e. The van der Waals surface area contributed by atoms with Gasteiger partial charge in [0.1, 0.15) is 42.0 Å². The summed E-state index contributed by atoms with van der Waals surface area (Å²) in [5.74, 6) is -7.08. The van der Waals surface area contributed by atoms with Gasteiger partial charge in [-0.3, -0.25) is 38.4 Å². The van der Waals surface area contributed by atoms with Crippen LogP contribution in [0.2, 0.25) is 0 Å². The number of fused-ring (bicyclic) bond motifs is 2. The molecule has 3 saturated heterocycles. The largest absolute Gasteiger partial charge is 0.508 e. The van der Waals surface area contributed by atoms with Crippen LogP contribution >= 0.6 is 0 Å². The average molecular weight is 1080 g/mol. The van der Waals surface area contributed by atoms with Gasteiger partial charge >= 0.3 is 0 Å². The van der Waals surface area contributed by atoms with Gasteiger partial charge in [0, 0.05) is 45.3 Å². The zero-order valence-electron chi connectivity index (χ0n) is 44.8. The Morgan fingerprint density at radius 3 is 2.07 bits per heavy atom. The number of nitrogens with one attached hydrogen (secondary N) is 5. The van der Waals surface area contributed by atoms with E-state index in [1.54, 1.807) is 6.07 Å². The second-order valence-electron chi connectivity index (χ2n) is 21.4. The molecule has 14 N–H and O–H groups in total. The zero-order valence-corrected chi connectivity index (χ0v) is 44.8. The molecule has 428 valence electrons. The minimum Gasteiger partial charge on any atom is -0.508 e. The molecule has 3 fully saturated rings. The summed E-state index contributed by atoms with van der Waals surface area (Å²) in [6.07, 6.45) is -2.62. The molecule has 23 nitrogen and oxygen atoms in total. The van der Waals surface area contributed by atoms with Crippen LogP contribution in [0.3, 0.4) is 0 Å². The lowest BCUT2D eigenvalue weighted by atomic mass is 9.91. The summed E-state index contributed by atoms with van der Waals surface area (Å²) >= 11 is 0. The summed E-state index contributed by atoms with van der Waals surface area (Å²) in [7, 11) is 0. The van der Waals surface area contributed by atoms with Gasteiger partial charge in [-0.25, -0.2) is 0 Å². The molecule has 0 aromatic heterocycles. The van der Waals surface area contributed by atoms with E-state index in [0.29, 0.717) is 42.2 Å². The Labute approximate surface area is 445 Å². The first-order valence-electron chi connectivity index (χ1n) is 27.2. The van der Waals surface area contributed by atoms with Crippen molar-refractivity contribution in [2.24, 2.45) is 17.6 Å². The highest BCUT2D eigenvalue weighted by atomic mass is 16.3. The molecule has 14 atom stereocenters. The van der Waals surface area contributed by atoms with Crippen LogP contribution in [0.5, 0.6) is 5.75 Å². The fourth-order valence-electron chi connectivity index (χ4n) is 10.3. The number of nitrogens with zero attached hydrogens (tertiary/aromatic N) is 2. The van der Waals surface area contributed by atoms with Gasteiger partial charge in [-0.05, 0) is 61.6 Å². The van der Waals surface area contributed by atoms with Crippen molar-refractivity contribution < 1.29 is 74.1 Å². The van der Waals surface area contributed by atoms with E-state index in [2.05, 4.69) is 47.4 Å². The Morgan fingerprint density at radius 1 is 0.763 bits per heavy atom. The first-order valence-corrected chi connectivity index (χ1v) is 27.2. The lowest BCUT2D eigenvalue weighted by Gasteiger charge is -2.33. The number of aromatic hydroxyl groups is 1. The third-order valence-electron chi connectivity index (χ3n) is 14.8. The second kappa shape index (κ2) is 30.5. The Balaban J connectivity index is 1.67. The minimum atomic E-state index is -2.10. The van der Waals surface area contributed by atoms with E-state index in [4.69, 9.17) is 5.73 Å². The molecule has 0 radical (unpaired) electrons. The summed E-state index contributed by atoms with van der Waals surface area (Å²) in [5, 5.41) is 89.9. The van der Waals surface area contributed by atoms with Crippen LogP contribution < -0.4 is 32.3 Å². The van der Waals surface area contributed by atoms with Crippen LogP contribution in [0.1, 0.15) is 142 Å². The van der Waals surface area contributed by atoms with E-state index < -0.39 is 152 Å². The van der Waals surface area contributed by atoms with Crippen molar-refractivity contribution in [3.05, 3.63) is 29.3 Å². The first kappa shape index (κ1) is 63.1. The second-order valence-corrected chi connectivity index (χ2v) is 21.4. The maximum Gasteiger partial charge on any atom is 0.248 e. The van der Waals surface area contributed by atoms with Gasteiger partial charge in [0.15, 0.2) is 0 Å².